The SMILES string of the molecule is Cc1cc(-c2ccccc2)c2ccc3ccc(-c4cccc(-c5cccc(-c6nc(-c7ccccc7)nc(-c7cccc(-c8cccc9cnccc89)c7)n6)c5)c4)nc3c2n1. The fourth-order valence-corrected chi connectivity index (χ4v) is 8.26. The fraction of sp³-hybridized carbons (Fsp3) is 0.0182. The standard InChI is InChI=1S/C55H36N6/c1-35-30-49(36-12-4-2-5-13-36)48-26-24-37-25-27-50(58-51(37)52(48)57-35)42-19-8-16-39(31-42)40-17-9-20-43(32-40)54-59-53(38-14-6-3-7-15-38)60-55(61-54)44-21-10-18-41(33-44)46-23-11-22-45-34-56-29-28-47(45)46/h2-34H,1H3. The summed E-state index contributed by atoms with van der Waals surface area (Å²) in [4.78, 5) is 29.9. The van der Waals surface area contributed by atoms with Crippen LogP contribution in [0.4, 0.5) is 0 Å². The van der Waals surface area contributed by atoms with Gasteiger partial charge < -0.3 is 0 Å². The number of hydrogen-bond donors (Lipinski definition) is 0. The van der Waals surface area contributed by atoms with Gasteiger partial charge in [0.1, 0.15) is 0 Å². The molecule has 0 radical (unpaired) electrons. The number of hydrogen-bond acceptors (Lipinski definition) is 6. The molecule has 0 fully saturated rings. The minimum absolute atomic E-state index is 0.601. The lowest BCUT2D eigenvalue weighted by Crippen LogP contribution is -2.00. The van der Waals surface area contributed by atoms with Gasteiger partial charge >= 0.3 is 0 Å². The second-order valence-electron chi connectivity index (χ2n) is 15.2. The zero-order chi connectivity index (χ0) is 40.7. The summed E-state index contributed by atoms with van der Waals surface area (Å²) in [6, 6.07) is 65.1. The van der Waals surface area contributed by atoms with E-state index >= 15 is 0 Å². The molecule has 6 nitrogen and oxygen atoms in total. The molecule has 0 bridgehead atoms. The lowest BCUT2D eigenvalue weighted by Gasteiger charge is -2.12. The Morgan fingerprint density at radius 2 is 0.902 bits per heavy atom. The first-order valence-electron chi connectivity index (χ1n) is 20.3. The first kappa shape index (κ1) is 35.9. The van der Waals surface area contributed by atoms with E-state index in [1.165, 1.54) is 0 Å². The summed E-state index contributed by atoms with van der Waals surface area (Å²) < 4.78 is 0. The van der Waals surface area contributed by atoms with Gasteiger partial charge in [0.2, 0.25) is 0 Å². The molecule has 0 saturated heterocycles. The van der Waals surface area contributed by atoms with Gasteiger partial charge in [0.25, 0.3) is 0 Å². The molecule has 0 amide bonds. The third kappa shape index (κ3) is 6.86. The van der Waals surface area contributed by atoms with Crippen molar-refractivity contribution in [2.24, 2.45) is 0 Å². The summed E-state index contributed by atoms with van der Waals surface area (Å²) in [5, 5.41) is 4.39. The molecular weight excluding hydrogens is 745 g/mol. The van der Waals surface area contributed by atoms with Crippen LogP contribution >= 0.6 is 0 Å². The fourth-order valence-electron chi connectivity index (χ4n) is 8.26. The summed E-state index contributed by atoms with van der Waals surface area (Å²) >= 11 is 0. The first-order valence-corrected chi connectivity index (χ1v) is 20.3. The molecule has 0 saturated carbocycles. The van der Waals surface area contributed by atoms with Crippen LogP contribution < -0.4 is 0 Å². The van der Waals surface area contributed by atoms with Crippen molar-refractivity contribution < 1.29 is 0 Å². The summed E-state index contributed by atoms with van der Waals surface area (Å²) in [7, 11) is 0. The largest absolute Gasteiger partial charge is 0.264 e. The van der Waals surface area contributed by atoms with Gasteiger partial charge in [-0.15, -0.1) is 0 Å². The Balaban J connectivity index is 0.982. The van der Waals surface area contributed by atoms with Crippen LogP contribution in [0.15, 0.2) is 200 Å². The Bertz CT molecular complexity index is 3430. The van der Waals surface area contributed by atoms with Gasteiger partial charge in [-0.2, -0.15) is 0 Å². The van der Waals surface area contributed by atoms with Gasteiger partial charge in [0.15, 0.2) is 17.5 Å². The van der Waals surface area contributed by atoms with Crippen LogP contribution in [0.2, 0.25) is 0 Å². The minimum atomic E-state index is 0.601. The average Bonchev–Trinajstić information content (AvgIpc) is 3.34. The van der Waals surface area contributed by atoms with Gasteiger partial charge in [-0.1, -0.05) is 152 Å². The third-order valence-electron chi connectivity index (χ3n) is 11.2. The monoisotopic (exact) mass is 780 g/mol. The normalized spacial score (nSPS) is 11.4. The molecule has 7 aromatic carbocycles. The summed E-state index contributed by atoms with van der Waals surface area (Å²) in [6.45, 7) is 2.05. The minimum Gasteiger partial charge on any atom is -0.264 e. The van der Waals surface area contributed by atoms with Crippen molar-refractivity contribution in [1.82, 2.24) is 29.9 Å². The van der Waals surface area contributed by atoms with Crippen LogP contribution in [0.25, 0.3) is 111 Å². The van der Waals surface area contributed by atoms with Crippen molar-refractivity contribution in [3.05, 3.63) is 206 Å². The van der Waals surface area contributed by atoms with Crippen LogP contribution in [0.1, 0.15) is 5.69 Å². The highest BCUT2D eigenvalue weighted by molar-refractivity contribution is 6.09. The highest BCUT2D eigenvalue weighted by Crippen LogP contribution is 2.36. The molecule has 0 spiro atoms. The number of rotatable bonds is 7. The Kier molecular flexibility index (Phi) is 8.94. The van der Waals surface area contributed by atoms with Crippen molar-refractivity contribution in [1.29, 1.82) is 0 Å². The van der Waals surface area contributed by atoms with Crippen molar-refractivity contribution in [2.45, 2.75) is 6.92 Å². The van der Waals surface area contributed by atoms with E-state index in [1.807, 2.05) is 48.8 Å². The topological polar surface area (TPSA) is 77.3 Å². The van der Waals surface area contributed by atoms with Gasteiger partial charge in [0, 0.05) is 56.5 Å². The molecule has 4 aromatic heterocycles. The van der Waals surface area contributed by atoms with E-state index in [2.05, 4.69) is 164 Å². The predicted molar refractivity (Wildman–Crippen MR) is 249 cm³/mol. The maximum atomic E-state index is 5.27. The summed E-state index contributed by atoms with van der Waals surface area (Å²) in [6.07, 6.45) is 3.74. The Hall–Kier alpha value is -8.22. The number of nitrogens with zero attached hydrogens (tertiary/aromatic N) is 6. The maximum absolute atomic E-state index is 5.27. The van der Waals surface area contributed by atoms with E-state index in [0.717, 1.165) is 99.6 Å². The lowest BCUT2D eigenvalue weighted by atomic mass is 9.97. The zero-order valence-corrected chi connectivity index (χ0v) is 33.2. The van der Waals surface area contributed by atoms with Gasteiger partial charge in [-0.05, 0) is 82.1 Å². The Morgan fingerprint density at radius 1 is 0.328 bits per heavy atom. The quantitative estimate of drug-likeness (QED) is 0.150. The highest BCUT2D eigenvalue weighted by Gasteiger charge is 2.16. The molecule has 61 heavy (non-hydrogen) atoms. The summed E-state index contributed by atoms with van der Waals surface area (Å²) in [5.41, 5.74) is 14.0. The van der Waals surface area contributed by atoms with Gasteiger partial charge in [0.05, 0.1) is 16.7 Å². The second-order valence-corrected chi connectivity index (χ2v) is 15.2. The van der Waals surface area contributed by atoms with E-state index in [4.69, 9.17) is 24.9 Å². The van der Waals surface area contributed by atoms with Crippen molar-refractivity contribution in [2.75, 3.05) is 0 Å². The number of fused-ring (bicyclic) bond motifs is 4. The van der Waals surface area contributed by atoms with Crippen LogP contribution in [0, 0.1) is 6.92 Å². The zero-order valence-electron chi connectivity index (χ0n) is 33.2. The second kappa shape index (κ2) is 15.2. The molecule has 0 unspecified atom stereocenters. The van der Waals surface area contributed by atoms with Crippen LogP contribution in [0.5, 0.6) is 0 Å². The third-order valence-corrected chi connectivity index (χ3v) is 11.2. The van der Waals surface area contributed by atoms with E-state index in [1.54, 1.807) is 0 Å². The molecule has 0 aliphatic carbocycles. The number of aromatic nitrogens is 6. The number of benzene rings is 7. The number of pyridine rings is 3. The lowest BCUT2D eigenvalue weighted by molar-refractivity contribution is 1.07. The van der Waals surface area contributed by atoms with Gasteiger partial charge in [-0.3, -0.25) is 9.97 Å². The molecule has 286 valence electrons. The molecule has 6 heteroatoms. The van der Waals surface area contributed by atoms with Crippen molar-refractivity contribution >= 4 is 32.6 Å². The molecule has 11 aromatic rings. The van der Waals surface area contributed by atoms with Crippen LogP contribution in [-0.2, 0) is 0 Å². The summed E-state index contributed by atoms with van der Waals surface area (Å²) in [5.74, 6) is 1.82. The molecular formula is C55H36N6. The number of aryl methyl sites for hydroxylation is 1. The van der Waals surface area contributed by atoms with E-state index in [-0.39, 0.29) is 0 Å². The predicted octanol–water partition coefficient (Wildman–Crippen LogP) is 13.5. The van der Waals surface area contributed by atoms with Crippen LogP contribution in [-0.4, -0.2) is 29.9 Å². The van der Waals surface area contributed by atoms with Gasteiger partial charge in [-0.25, -0.2) is 19.9 Å². The van der Waals surface area contributed by atoms with E-state index < -0.39 is 0 Å². The smallest absolute Gasteiger partial charge is 0.164 e. The molecule has 0 aliphatic heterocycles. The maximum Gasteiger partial charge on any atom is 0.164 e. The molecule has 11 rings (SSSR count). The molecule has 0 aliphatic rings. The van der Waals surface area contributed by atoms with E-state index in [9.17, 15) is 0 Å². The molecule has 0 N–H and O–H groups in total. The highest BCUT2D eigenvalue weighted by atomic mass is 15.0. The van der Waals surface area contributed by atoms with Crippen molar-refractivity contribution in [3.8, 4) is 78.8 Å². The average molecular weight is 781 g/mol. The first-order chi connectivity index (χ1) is 30.1. The Morgan fingerprint density at radius 3 is 1.64 bits per heavy atom. The molecule has 0 atom stereocenters. The van der Waals surface area contributed by atoms with Crippen molar-refractivity contribution in [3.63, 3.8) is 0 Å². The molecule has 4 heterocycles. The Labute approximate surface area is 353 Å². The van der Waals surface area contributed by atoms with E-state index in [0.29, 0.717) is 17.5 Å². The van der Waals surface area contributed by atoms with Crippen LogP contribution in [0.3, 0.4) is 0 Å².